The molecule has 0 radical (unpaired) electrons. The zero-order chi connectivity index (χ0) is 17.5. The molecule has 0 aliphatic rings. The summed E-state index contributed by atoms with van der Waals surface area (Å²) in [5.41, 5.74) is 0.905. The second kappa shape index (κ2) is 8.85. The van der Waals surface area contributed by atoms with E-state index in [9.17, 15) is 14.1 Å². The quantitative estimate of drug-likeness (QED) is 0.815. The van der Waals surface area contributed by atoms with Gasteiger partial charge in [-0.1, -0.05) is 29.8 Å². The van der Waals surface area contributed by atoms with Crippen LogP contribution in [0.3, 0.4) is 0 Å². The number of rotatable bonds is 7. The second-order valence-corrected chi connectivity index (χ2v) is 7.47. The largest absolute Gasteiger partial charge is 0.508 e. The first kappa shape index (κ1) is 18.5. The summed E-state index contributed by atoms with van der Waals surface area (Å²) in [6.07, 6.45) is 0.879. The minimum Gasteiger partial charge on any atom is -0.508 e. The molecule has 2 aromatic rings. The van der Waals surface area contributed by atoms with Crippen LogP contribution < -0.4 is 0 Å². The highest BCUT2D eigenvalue weighted by atomic mass is 35.5. The number of amides is 1. The van der Waals surface area contributed by atoms with E-state index in [-0.39, 0.29) is 11.7 Å². The van der Waals surface area contributed by atoms with Crippen molar-refractivity contribution in [3.8, 4) is 5.75 Å². The number of benzene rings is 2. The maximum atomic E-state index is 12.2. The van der Waals surface area contributed by atoms with E-state index >= 15 is 0 Å². The highest BCUT2D eigenvalue weighted by molar-refractivity contribution is 7.85. The van der Waals surface area contributed by atoms with Gasteiger partial charge >= 0.3 is 0 Å². The van der Waals surface area contributed by atoms with Crippen LogP contribution in [0.4, 0.5) is 0 Å². The van der Waals surface area contributed by atoms with E-state index in [1.165, 1.54) is 12.1 Å². The average molecular weight is 366 g/mol. The van der Waals surface area contributed by atoms with Crippen LogP contribution in [0.1, 0.15) is 18.4 Å². The first-order chi connectivity index (χ1) is 11.5. The fourth-order valence-corrected chi connectivity index (χ4v) is 3.51. The number of phenolic OH excluding ortho intramolecular Hbond substituents is 1. The van der Waals surface area contributed by atoms with Crippen LogP contribution in [0.5, 0.6) is 5.75 Å². The molecule has 4 nitrogen and oxygen atoms in total. The molecule has 24 heavy (non-hydrogen) atoms. The molecule has 0 saturated carbocycles. The second-order valence-electron chi connectivity index (χ2n) is 5.49. The van der Waals surface area contributed by atoms with Gasteiger partial charge in [0.25, 0.3) is 0 Å². The average Bonchev–Trinajstić information content (AvgIpc) is 2.57. The Morgan fingerprint density at radius 3 is 2.50 bits per heavy atom. The molecule has 1 amide bonds. The topological polar surface area (TPSA) is 57.6 Å². The number of hydrogen-bond acceptors (Lipinski definition) is 3. The van der Waals surface area contributed by atoms with Crippen LogP contribution in [0.25, 0.3) is 0 Å². The summed E-state index contributed by atoms with van der Waals surface area (Å²) in [6, 6.07) is 13.7. The summed E-state index contributed by atoms with van der Waals surface area (Å²) in [7, 11) is 0.573. The van der Waals surface area contributed by atoms with Gasteiger partial charge in [-0.2, -0.15) is 0 Å². The van der Waals surface area contributed by atoms with E-state index in [1.807, 2.05) is 18.2 Å². The minimum atomic E-state index is -1.17. The number of carbonyl (C=O) groups excluding carboxylic acids is 1. The predicted molar refractivity (Wildman–Crippen MR) is 96.5 cm³/mol. The van der Waals surface area contributed by atoms with Gasteiger partial charge in [0.05, 0.1) is 10.8 Å². The van der Waals surface area contributed by atoms with E-state index in [0.717, 1.165) is 5.56 Å². The summed E-state index contributed by atoms with van der Waals surface area (Å²) < 4.78 is 12.1. The van der Waals surface area contributed by atoms with Gasteiger partial charge in [0.2, 0.25) is 5.91 Å². The summed E-state index contributed by atoms with van der Waals surface area (Å²) in [5, 5.41) is 9.87. The number of aromatic hydroxyl groups is 1. The Morgan fingerprint density at radius 2 is 1.83 bits per heavy atom. The van der Waals surface area contributed by atoms with Crippen molar-refractivity contribution in [3.05, 3.63) is 59.1 Å². The Balaban J connectivity index is 1.79. The van der Waals surface area contributed by atoms with Crippen molar-refractivity contribution in [2.24, 2.45) is 0 Å². The monoisotopic (exact) mass is 365 g/mol. The third-order valence-electron chi connectivity index (χ3n) is 3.61. The smallest absolute Gasteiger partial charge is 0.222 e. The Morgan fingerprint density at radius 1 is 1.17 bits per heavy atom. The summed E-state index contributed by atoms with van der Waals surface area (Å²) in [5.74, 6) is 0.556. The molecule has 2 rings (SSSR count). The molecule has 0 aliphatic heterocycles. The van der Waals surface area contributed by atoms with Crippen molar-refractivity contribution in [1.29, 1.82) is 0 Å². The van der Waals surface area contributed by atoms with Crippen LogP contribution in [0, 0.1) is 0 Å². The lowest BCUT2D eigenvalue weighted by Crippen LogP contribution is -2.26. The van der Waals surface area contributed by atoms with Gasteiger partial charge in [-0.25, -0.2) is 0 Å². The van der Waals surface area contributed by atoms with Crippen molar-refractivity contribution in [3.63, 3.8) is 0 Å². The van der Waals surface area contributed by atoms with Crippen LogP contribution >= 0.6 is 11.6 Å². The highest BCUT2D eigenvalue weighted by Crippen LogP contribution is 2.17. The molecular weight excluding hydrogens is 346 g/mol. The molecule has 0 aliphatic carbocycles. The van der Waals surface area contributed by atoms with Crippen LogP contribution in [-0.2, 0) is 22.1 Å². The molecule has 0 saturated heterocycles. The van der Waals surface area contributed by atoms with Crippen molar-refractivity contribution in [1.82, 2.24) is 4.90 Å². The summed E-state index contributed by atoms with van der Waals surface area (Å²) in [6.45, 7) is 0.458. The van der Waals surface area contributed by atoms with E-state index < -0.39 is 10.8 Å². The third-order valence-corrected chi connectivity index (χ3v) is 5.44. The van der Waals surface area contributed by atoms with E-state index in [1.54, 1.807) is 30.1 Å². The Labute approximate surface area is 149 Å². The van der Waals surface area contributed by atoms with Crippen molar-refractivity contribution < 1.29 is 14.1 Å². The highest BCUT2D eigenvalue weighted by Gasteiger charge is 2.12. The van der Waals surface area contributed by atoms with E-state index in [4.69, 9.17) is 11.6 Å². The van der Waals surface area contributed by atoms with Gasteiger partial charge in [-0.3, -0.25) is 9.00 Å². The van der Waals surface area contributed by atoms with Crippen LogP contribution in [-0.4, -0.2) is 32.9 Å². The normalized spacial score (nSPS) is 11.9. The molecule has 0 spiro atoms. The lowest BCUT2D eigenvalue weighted by atomic mass is 10.2. The van der Waals surface area contributed by atoms with Gasteiger partial charge in [0.15, 0.2) is 0 Å². The summed E-state index contributed by atoms with van der Waals surface area (Å²) in [4.78, 5) is 14.5. The Bertz CT molecular complexity index is 718. The van der Waals surface area contributed by atoms with Gasteiger partial charge in [-0.15, -0.1) is 0 Å². The zero-order valence-corrected chi connectivity index (χ0v) is 15.0. The molecule has 128 valence electrons. The van der Waals surface area contributed by atoms with E-state index in [2.05, 4.69) is 0 Å². The van der Waals surface area contributed by atoms with Gasteiger partial charge in [0.1, 0.15) is 5.75 Å². The van der Waals surface area contributed by atoms with Gasteiger partial charge < -0.3 is 10.0 Å². The number of carbonyl (C=O) groups is 1. The van der Waals surface area contributed by atoms with Crippen molar-refractivity contribution in [2.75, 3.05) is 12.8 Å². The lowest BCUT2D eigenvalue weighted by molar-refractivity contribution is -0.130. The van der Waals surface area contributed by atoms with Crippen LogP contribution in [0.2, 0.25) is 5.02 Å². The summed E-state index contributed by atoms with van der Waals surface area (Å²) >= 11 is 6.10. The molecule has 0 bridgehead atoms. The number of hydrogen-bond donors (Lipinski definition) is 1. The number of nitrogens with zero attached hydrogens (tertiary/aromatic N) is 1. The zero-order valence-electron chi connectivity index (χ0n) is 13.4. The van der Waals surface area contributed by atoms with Gasteiger partial charge in [0, 0.05) is 35.7 Å². The third kappa shape index (κ3) is 5.35. The van der Waals surface area contributed by atoms with E-state index in [0.29, 0.717) is 35.1 Å². The lowest BCUT2D eigenvalue weighted by Gasteiger charge is -2.18. The fraction of sp³-hybridized carbons (Fsp3) is 0.278. The minimum absolute atomic E-state index is 0.00220. The standard InChI is InChI=1S/C18H20ClNO3S/c1-20(13-14-5-2-3-6-17(14)19)18(22)7-4-12-24(23)16-10-8-15(21)9-11-16/h2-3,5-6,8-11,21H,4,7,12-13H2,1H3. The molecule has 1 atom stereocenters. The number of halogens is 1. The molecule has 1 unspecified atom stereocenters. The molecule has 1 N–H and O–H groups in total. The Hall–Kier alpha value is -1.85. The Kier molecular flexibility index (Phi) is 6.82. The fourth-order valence-electron chi connectivity index (χ4n) is 2.23. The molecule has 0 aromatic heterocycles. The maximum absolute atomic E-state index is 12.2. The number of phenols is 1. The predicted octanol–water partition coefficient (Wildman–Crippen LogP) is 3.59. The molecule has 0 fully saturated rings. The SMILES string of the molecule is CN(Cc1ccccc1Cl)C(=O)CCCS(=O)c1ccc(O)cc1. The molecule has 2 aromatic carbocycles. The van der Waals surface area contributed by atoms with Crippen molar-refractivity contribution in [2.45, 2.75) is 24.3 Å². The van der Waals surface area contributed by atoms with Gasteiger partial charge in [-0.05, 0) is 42.3 Å². The molecular formula is C18H20ClNO3S. The van der Waals surface area contributed by atoms with Crippen molar-refractivity contribution >= 4 is 28.3 Å². The first-order valence-corrected chi connectivity index (χ1v) is 9.32. The molecule has 6 heteroatoms. The maximum Gasteiger partial charge on any atom is 0.222 e. The molecule has 0 heterocycles. The van der Waals surface area contributed by atoms with Crippen LogP contribution in [0.15, 0.2) is 53.4 Å². The first-order valence-electron chi connectivity index (χ1n) is 7.62.